The molecule has 2 aromatic carbocycles. The van der Waals surface area contributed by atoms with E-state index in [-0.39, 0.29) is 11.6 Å². The SMILES string of the molecule is CC(C)c1ccc(NC(=O)c2cnc(NCc3ccc(Cl)cc3)cn2)cc1. The molecule has 138 valence electrons. The number of nitrogens with zero attached hydrogens (tertiary/aromatic N) is 2. The minimum atomic E-state index is -0.288. The summed E-state index contributed by atoms with van der Waals surface area (Å²) in [6.07, 6.45) is 3.01. The molecule has 0 fully saturated rings. The molecule has 0 atom stereocenters. The van der Waals surface area contributed by atoms with Gasteiger partial charge in [0.1, 0.15) is 11.5 Å². The molecular weight excluding hydrogens is 360 g/mol. The number of anilines is 2. The van der Waals surface area contributed by atoms with Crippen LogP contribution >= 0.6 is 11.6 Å². The van der Waals surface area contributed by atoms with Crippen molar-refractivity contribution in [1.82, 2.24) is 9.97 Å². The molecule has 3 rings (SSSR count). The normalized spacial score (nSPS) is 10.7. The number of carbonyl (C=O) groups is 1. The van der Waals surface area contributed by atoms with Crippen LogP contribution in [-0.4, -0.2) is 15.9 Å². The Morgan fingerprint density at radius 1 is 1.00 bits per heavy atom. The van der Waals surface area contributed by atoms with Gasteiger partial charge in [0, 0.05) is 17.3 Å². The Morgan fingerprint density at radius 3 is 2.30 bits per heavy atom. The highest BCUT2D eigenvalue weighted by Crippen LogP contribution is 2.17. The molecule has 3 aromatic rings. The van der Waals surface area contributed by atoms with E-state index in [9.17, 15) is 4.79 Å². The minimum absolute atomic E-state index is 0.264. The third kappa shape index (κ3) is 5.28. The molecule has 0 aliphatic carbocycles. The summed E-state index contributed by atoms with van der Waals surface area (Å²) in [5.74, 6) is 0.764. The van der Waals surface area contributed by atoms with Gasteiger partial charge in [-0.2, -0.15) is 0 Å². The predicted octanol–water partition coefficient (Wildman–Crippen LogP) is 5.12. The number of carbonyl (C=O) groups excluding carboxylic acids is 1. The molecule has 0 aliphatic rings. The summed E-state index contributed by atoms with van der Waals surface area (Å²) in [4.78, 5) is 20.7. The molecule has 0 bridgehead atoms. The first-order chi connectivity index (χ1) is 13.0. The zero-order valence-corrected chi connectivity index (χ0v) is 16.0. The number of hydrogen-bond donors (Lipinski definition) is 2. The van der Waals surface area contributed by atoms with Gasteiger partial charge in [-0.1, -0.05) is 49.7 Å². The first kappa shape index (κ1) is 18.9. The first-order valence-corrected chi connectivity index (χ1v) is 9.11. The number of halogens is 1. The lowest BCUT2D eigenvalue weighted by Crippen LogP contribution is -2.14. The summed E-state index contributed by atoms with van der Waals surface area (Å²) in [5, 5.41) is 6.70. The lowest BCUT2D eigenvalue weighted by atomic mass is 10.0. The quantitative estimate of drug-likeness (QED) is 0.623. The van der Waals surface area contributed by atoms with Crippen LogP contribution < -0.4 is 10.6 Å². The summed E-state index contributed by atoms with van der Waals surface area (Å²) in [6.45, 7) is 4.86. The largest absolute Gasteiger partial charge is 0.365 e. The molecule has 6 heteroatoms. The molecule has 1 heterocycles. The van der Waals surface area contributed by atoms with E-state index >= 15 is 0 Å². The maximum atomic E-state index is 12.3. The zero-order valence-electron chi connectivity index (χ0n) is 15.2. The number of benzene rings is 2. The van der Waals surface area contributed by atoms with Crippen LogP contribution in [0.1, 0.15) is 41.4 Å². The molecule has 2 N–H and O–H groups in total. The Bertz CT molecular complexity index is 891. The first-order valence-electron chi connectivity index (χ1n) is 8.73. The molecule has 0 saturated carbocycles. The smallest absolute Gasteiger partial charge is 0.275 e. The van der Waals surface area contributed by atoms with Gasteiger partial charge in [-0.3, -0.25) is 4.79 Å². The van der Waals surface area contributed by atoms with Gasteiger partial charge in [0.05, 0.1) is 12.4 Å². The average molecular weight is 381 g/mol. The van der Waals surface area contributed by atoms with E-state index < -0.39 is 0 Å². The maximum Gasteiger partial charge on any atom is 0.275 e. The van der Waals surface area contributed by atoms with E-state index in [1.54, 1.807) is 6.20 Å². The molecule has 1 amide bonds. The minimum Gasteiger partial charge on any atom is -0.365 e. The standard InChI is InChI=1S/C21H21ClN4O/c1-14(2)16-5-9-18(10-6-16)26-21(27)19-12-25-20(13-23-19)24-11-15-3-7-17(22)8-4-15/h3-10,12-14H,11H2,1-2H3,(H,24,25)(H,26,27). The van der Waals surface area contributed by atoms with Crippen LogP contribution in [0.2, 0.25) is 5.02 Å². The van der Waals surface area contributed by atoms with E-state index in [1.165, 1.54) is 11.8 Å². The van der Waals surface area contributed by atoms with E-state index in [1.807, 2.05) is 48.5 Å². The van der Waals surface area contributed by atoms with Crippen molar-refractivity contribution >= 4 is 29.0 Å². The Morgan fingerprint density at radius 2 is 1.70 bits per heavy atom. The van der Waals surface area contributed by atoms with Crippen molar-refractivity contribution in [1.29, 1.82) is 0 Å². The summed E-state index contributed by atoms with van der Waals surface area (Å²) >= 11 is 5.87. The monoisotopic (exact) mass is 380 g/mol. The number of nitrogens with one attached hydrogen (secondary N) is 2. The van der Waals surface area contributed by atoms with Gasteiger partial charge >= 0.3 is 0 Å². The van der Waals surface area contributed by atoms with Crippen LogP contribution in [0.4, 0.5) is 11.5 Å². The third-order valence-electron chi connectivity index (χ3n) is 4.11. The lowest BCUT2D eigenvalue weighted by Gasteiger charge is -2.09. The Balaban J connectivity index is 1.57. The van der Waals surface area contributed by atoms with Crippen LogP contribution in [0, 0.1) is 0 Å². The molecule has 0 radical (unpaired) electrons. The predicted molar refractivity (Wildman–Crippen MR) is 109 cm³/mol. The summed E-state index contributed by atoms with van der Waals surface area (Å²) in [6, 6.07) is 15.4. The molecule has 0 unspecified atom stereocenters. The topological polar surface area (TPSA) is 66.9 Å². The van der Waals surface area contributed by atoms with Crippen LogP contribution in [-0.2, 0) is 6.54 Å². The zero-order chi connectivity index (χ0) is 19.2. The molecule has 5 nitrogen and oxygen atoms in total. The van der Waals surface area contributed by atoms with Crippen molar-refractivity contribution < 1.29 is 4.79 Å². The highest BCUT2D eigenvalue weighted by atomic mass is 35.5. The number of amides is 1. The van der Waals surface area contributed by atoms with Crippen LogP contribution in [0.5, 0.6) is 0 Å². The van der Waals surface area contributed by atoms with E-state index in [4.69, 9.17) is 11.6 Å². The maximum absolute atomic E-state index is 12.3. The van der Waals surface area contributed by atoms with Crippen molar-refractivity contribution in [3.8, 4) is 0 Å². The molecular formula is C21H21ClN4O. The molecule has 1 aromatic heterocycles. The van der Waals surface area contributed by atoms with Gasteiger partial charge in [-0.05, 0) is 41.3 Å². The third-order valence-corrected chi connectivity index (χ3v) is 4.36. The molecule has 27 heavy (non-hydrogen) atoms. The van der Waals surface area contributed by atoms with Crippen LogP contribution in [0.25, 0.3) is 0 Å². The van der Waals surface area contributed by atoms with Gasteiger partial charge in [0.15, 0.2) is 0 Å². The second-order valence-corrected chi connectivity index (χ2v) is 6.93. The number of aromatic nitrogens is 2. The second kappa shape index (κ2) is 8.64. The fraction of sp³-hybridized carbons (Fsp3) is 0.190. The fourth-order valence-corrected chi connectivity index (χ4v) is 2.60. The van der Waals surface area contributed by atoms with E-state index in [0.29, 0.717) is 23.3 Å². The molecule has 0 saturated heterocycles. The highest BCUT2D eigenvalue weighted by molar-refractivity contribution is 6.30. The van der Waals surface area contributed by atoms with Gasteiger partial charge in [0.2, 0.25) is 0 Å². The highest BCUT2D eigenvalue weighted by Gasteiger charge is 2.09. The Hall–Kier alpha value is -2.92. The average Bonchev–Trinajstić information content (AvgIpc) is 2.68. The van der Waals surface area contributed by atoms with Gasteiger partial charge < -0.3 is 10.6 Å². The molecule has 0 aliphatic heterocycles. The van der Waals surface area contributed by atoms with Crippen LogP contribution in [0.15, 0.2) is 60.9 Å². The van der Waals surface area contributed by atoms with E-state index in [0.717, 1.165) is 11.3 Å². The Labute approximate surface area is 163 Å². The fourth-order valence-electron chi connectivity index (χ4n) is 2.48. The van der Waals surface area contributed by atoms with Crippen molar-refractivity contribution in [2.75, 3.05) is 10.6 Å². The van der Waals surface area contributed by atoms with Crippen molar-refractivity contribution in [2.45, 2.75) is 26.3 Å². The number of hydrogen-bond acceptors (Lipinski definition) is 4. The van der Waals surface area contributed by atoms with Gasteiger partial charge in [0.25, 0.3) is 5.91 Å². The van der Waals surface area contributed by atoms with Gasteiger partial charge in [-0.15, -0.1) is 0 Å². The van der Waals surface area contributed by atoms with Crippen LogP contribution in [0.3, 0.4) is 0 Å². The van der Waals surface area contributed by atoms with Crippen molar-refractivity contribution in [3.63, 3.8) is 0 Å². The second-order valence-electron chi connectivity index (χ2n) is 6.50. The number of rotatable bonds is 6. The lowest BCUT2D eigenvalue weighted by molar-refractivity contribution is 0.102. The Kier molecular flexibility index (Phi) is 6.04. The van der Waals surface area contributed by atoms with Gasteiger partial charge in [-0.25, -0.2) is 9.97 Å². The molecule has 0 spiro atoms. The summed E-state index contributed by atoms with van der Waals surface area (Å²) in [5.41, 5.74) is 3.30. The van der Waals surface area contributed by atoms with E-state index in [2.05, 4.69) is 34.4 Å². The summed E-state index contributed by atoms with van der Waals surface area (Å²) in [7, 11) is 0. The van der Waals surface area contributed by atoms with Crippen molar-refractivity contribution in [3.05, 3.63) is 82.8 Å². The van der Waals surface area contributed by atoms with Crippen molar-refractivity contribution in [2.24, 2.45) is 0 Å². The summed E-state index contributed by atoms with van der Waals surface area (Å²) < 4.78 is 0.